The summed E-state index contributed by atoms with van der Waals surface area (Å²) in [6, 6.07) is 36.5. The molecule has 50 heavy (non-hydrogen) atoms. The smallest absolute Gasteiger partial charge is 0.349 e. The van der Waals surface area contributed by atoms with E-state index in [4.69, 9.17) is 18.9 Å². The quantitative estimate of drug-likeness (QED) is 0.105. The molecule has 8 nitrogen and oxygen atoms in total. The van der Waals surface area contributed by atoms with Crippen LogP contribution in [-0.2, 0) is 20.8 Å². The topological polar surface area (TPSA) is 112 Å². The fourth-order valence-electron chi connectivity index (χ4n) is 5.66. The fourth-order valence-corrected chi connectivity index (χ4v) is 5.66. The van der Waals surface area contributed by atoms with Gasteiger partial charge in [0.2, 0.25) is 0 Å². The Morgan fingerprint density at radius 2 is 1.04 bits per heavy atom. The van der Waals surface area contributed by atoms with Crippen molar-refractivity contribution in [1.29, 1.82) is 0 Å². The van der Waals surface area contributed by atoms with Gasteiger partial charge in [0, 0.05) is 5.56 Å². The Morgan fingerprint density at radius 3 is 1.64 bits per heavy atom. The van der Waals surface area contributed by atoms with Crippen LogP contribution >= 0.6 is 0 Å². The van der Waals surface area contributed by atoms with Crippen molar-refractivity contribution in [3.8, 4) is 34.1 Å². The van der Waals surface area contributed by atoms with Gasteiger partial charge in [0.05, 0.1) is 11.2 Å². The molecule has 0 amide bonds. The number of ether oxygens (including phenoxy) is 4. The lowest BCUT2D eigenvalue weighted by Crippen LogP contribution is -2.18. The average Bonchev–Trinajstić information content (AvgIpc) is 3.09. The van der Waals surface area contributed by atoms with Crippen molar-refractivity contribution in [1.82, 2.24) is 0 Å². The molecule has 2 N–H and O–H groups in total. The number of carbonyl (C=O) groups is 2. The summed E-state index contributed by atoms with van der Waals surface area (Å²) >= 11 is 0. The third-order valence-electron chi connectivity index (χ3n) is 8.30. The number of esters is 2. The second-order valence-corrected chi connectivity index (χ2v) is 13.0. The number of rotatable bonds is 11. The molecular weight excluding hydrogens is 632 g/mol. The fraction of sp³-hybridized carbons (Fsp3) is 0.190. The number of aliphatic hydroxyl groups is 2. The van der Waals surface area contributed by atoms with Crippen molar-refractivity contribution in [3.63, 3.8) is 0 Å². The molecule has 0 aliphatic rings. The molecule has 6 aromatic carbocycles. The lowest BCUT2D eigenvalue weighted by atomic mass is 9.93. The van der Waals surface area contributed by atoms with Gasteiger partial charge < -0.3 is 29.2 Å². The van der Waals surface area contributed by atoms with Crippen molar-refractivity contribution in [2.75, 3.05) is 13.2 Å². The highest BCUT2D eigenvalue weighted by atomic mass is 16.6. The molecule has 0 saturated heterocycles. The molecule has 254 valence electrons. The molecule has 0 aliphatic carbocycles. The number of hydrogen-bond donors (Lipinski definition) is 2. The number of hydrogen-bond acceptors (Lipinski definition) is 8. The van der Waals surface area contributed by atoms with E-state index in [1.807, 2.05) is 54.6 Å². The minimum Gasteiger partial charge on any atom is -0.482 e. The highest BCUT2D eigenvalue weighted by molar-refractivity contribution is 6.08. The number of fused-ring (bicyclic) bond motifs is 2. The molecule has 0 spiro atoms. The van der Waals surface area contributed by atoms with E-state index in [0.717, 1.165) is 38.2 Å². The Bertz CT molecular complexity index is 2160. The maximum absolute atomic E-state index is 13.1. The summed E-state index contributed by atoms with van der Waals surface area (Å²) in [6.07, 6.45) is 0. The summed E-state index contributed by atoms with van der Waals surface area (Å²) in [5, 5.41) is 23.9. The minimum atomic E-state index is -0.991. The Kier molecular flexibility index (Phi) is 9.59. The second-order valence-electron chi connectivity index (χ2n) is 13.0. The van der Waals surface area contributed by atoms with Crippen molar-refractivity contribution in [3.05, 3.63) is 132 Å². The van der Waals surface area contributed by atoms with Gasteiger partial charge in [-0.25, -0.2) is 9.59 Å². The van der Waals surface area contributed by atoms with Crippen LogP contribution in [0.15, 0.2) is 121 Å². The molecule has 0 atom stereocenters. The Hall–Kier alpha value is -5.70. The van der Waals surface area contributed by atoms with Gasteiger partial charge in [-0.05, 0) is 108 Å². The summed E-state index contributed by atoms with van der Waals surface area (Å²) in [5.41, 5.74) is 0.969. The highest BCUT2D eigenvalue weighted by Gasteiger charge is 2.20. The Morgan fingerprint density at radius 1 is 0.540 bits per heavy atom. The zero-order valence-electron chi connectivity index (χ0n) is 28.3. The normalized spacial score (nSPS) is 11.7. The summed E-state index contributed by atoms with van der Waals surface area (Å²) < 4.78 is 22.9. The molecule has 0 fully saturated rings. The van der Waals surface area contributed by atoms with Crippen LogP contribution in [0.2, 0.25) is 0 Å². The van der Waals surface area contributed by atoms with Crippen LogP contribution in [0, 0.1) is 0 Å². The molecule has 0 radical (unpaired) electrons. The molecule has 0 saturated carbocycles. The van der Waals surface area contributed by atoms with Crippen LogP contribution < -0.4 is 18.9 Å². The average molecular weight is 671 g/mol. The van der Waals surface area contributed by atoms with Crippen molar-refractivity contribution < 1.29 is 38.7 Å². The second kappa shape index (κ2) is 14.0. The van der Waals surface area contributed by atoms with E-state index in [-0.39, 0.29) is 13.2 Å². The van der Waals surface area contributed by atoms with Gasteiger partial charge in [0.15, 0.2) is 13.2 Å². The summed E-state index contributed by atoms with van der Waals surface area (Å²) in [6.45, 7) is 6.15. The van der Waals surface area contributed by atoms with Crippen LogP contribution in [0.25, 0.3) is 32.7 Å². The van der Waals surface area contributed by atoms with Crippen LogP contribution in [0.4, 0.5) is 0 Å². The maximum atomic E-state index is 13.1. The monoisotopic (exact) mass is 670 g/mol. The van der Waals surface area contributed by atoms with Gasteiger partial charge in [-0.3, -0.25) is 0 Å². The van der Waals surface area contributed by atoms with E-state index in [1.54, 1.807) is 94.4 Å². The Labute approximate surface area is 290 Å². The van der Waals surface area contributed by atoms with Crippen LogP contribution in [0.5, 0.6) is 23.0 Å². The summed E-state index contributed by atoms with van der Waals surface area (Å²) in [4.78, 5) is 25.9. The Balaban J connectivity index is 1.23. The number of carbonyl (C=O) groups excluding carboxylic acids is 2. The van der Waals surface area contributed by atoms with Crippen molar-refractivity contribution >= 4 is 33.5 Å². The lowest BCUT2D eigenvalue weighted by molar-refractivity contribution is -0.137. The predicted octanol–water partition coefficient (Wildman–Crippen LogP) is 8.08. The standard InChI is InChI=1S/C42H38O8/c1-41(2,45)29-14-19-31(20-15-29)47-25-38(43)49-33-18-12-28-9-7-11-35(36(28)24-33)40-34-10-6-5-8-27(34)13-23-37(40)50-39(44)26-48-32-21-16-30(17-22-32)42(3,4)46/h5-24,45-46H,25-26H2,1-4H3. The third-order valence-corrected chi connectivity index (χ3v) is 8.30. The first kappa shape index (κ1) is 34.2. The largest absolute Gasteiger partial charge is 0.482 e. The molecule has 6 aromatic rings. The molecular formula is C42H38O8. The van der Waals surface area contributed by atoms with E-state index >= 15 is 0 Å². The van der Waals surface area contributed by atoms with E-state index in [9.17, 15) is 19.8 Å². The van der Waals surface area contributed by atoms with E-state index < -0.39 is 23.1 Å². The number of benzene rings is 6. The third kappa shape index (κ3) is 7.94. The first-order chi connectivity index (χ1) is 23.8. The minimum absolute atomic E-state index is 0.309. The molecule has 0 heterocycles. The van der Waals surface area contributed by atoms with Gasteiger partial charge in [-0.2, -0.15) is 0 Å². The molecule has 6 rings (SSSR count). The molecule has 0 aromatic heterocycles. The van der Waals surface area contributed by atoms with E-state index in [2.05, 4.69) is 0 Å². The predicted molar refractivity (Wildman–Crippen MR) is 193 cm³/mol. The van der Waals surface area contributed by atoms with E-state index in [0.29, 0.717) is 28.6 Å². The molecule has 8 heteroatoms. The molecule has 0 aliphatic heterocycles. The zero-order chi connectivity index (χ0) is 35.5. The first-order valence-electron chi connectivity index (χ1n) is 16.2. The lowest BCUT2D eigenvalue weighted by Gasteiger charge is -2.18. The van der Waals surface area contributed by atoms with Gasteiger partial charge in [0.25, 0.3) is 0 Å². The van der Waals surface area contributed by atoms with Crippen LogP contribution in [0.1, 0.15) is 38.8 Å². The highest BCUT2D eigenvalue weighted by Crippen LogP contribution is 2.41. The van der Waals surface area contributed by atoms with Crippen molar-refractivity contribution in [2.24, 2.45) is 0 Å². The van der Waals surface area contributed by atoms with Crippen LogP contribution in [-0.4, -0.2) is 35.4 Å². The van der Waals surface area contributed by atoms with E-state index in [1.165, 1.54) is 0 Å². The summed E-state index contributed by atoms with van der Waals surface area (Å²) in [7, 11) is 0. The van der Waals surface area contributed by atoms with Gasteiger partial charge >= 0.3 is 11.9 Å². The van der Waals surface area contributed by atoms with Crippen molar-refractivity contribution in [2.45, 2.75) is 38.9 Å². The SMILES string of the molecule is CC(C)(O)c1ccc(OCC(=O)Oc2ccc3cccc(-c4c(OC(=O)COc5ccc(C(C)(C)O)cc5)ccc5ccccc45)c3c2)cc1. The van der Waals surface area contributed by atoms with Gasteiger partial charge in [0.1, 0.15) is 23.0 Å². The molecule has 0 unspecified atom stereocenters. The maximum Gasteiger partial charge on any atom is 0.349 e. The van der Waals surface area contributed by atoms with Gasteiger partial charge in [-0.1, -0.05) is 78.9 Å². The van der Waals surface area contributed by atoms with Crippen LogP contribution in [0.3, 0.4) is 0 Å². The zero-order valence-corrected chi connectivity index (χ0v) is 28.3. The van der Waals surface area contributed by atoms with Gasteiger partial charge in [-0.15, -0.1) is 0 Å². The summed E-state index contributed by atoms with van der Waals surface area (Å²) in [5.74, 6) is 0.467. The molecule has 0 bridgehead atoms. The first-order valence-corrected chi connectivity index (χ1v) is 16.2.